The molecule has 1 amide bonds. The number of alkyl halides is 4. The Hall–Kier alpha value is -4.04. The van der Waals surface area contributed by atoms with Crippen LogP contribution in [-0.2, 0) is 6.54 Å². The molecule has 3 aromatic heterocycles. The second-order valence-corrected chi connectivity index (χ2v) is 6.83. The molecule has 0 saturated heterocycles. The molecule has 0 atom stereocenters. The summed E-state index contributed by atoms with van der Waals surface area (Å²) in [4.78, 5) is 15.9. The number of nitrogens with one attached hydrogen (secondary N) is 1. The molecule has 0 aliphatic heterocycles. The van der Waals surface area contributed by atoms with Gasteiger partial charge in [0.25, 0.3) is 18.8 Å². The molecule has 4 rings (SSSR count). The maximum atomic E-state index is 13.8. The zero-order valence-electron chi connectivity index (χ0n) is 16.4. The van der Waals surface area contributed by atoms with E-state index in [-0.39, 0.29) is 11.8 Å². The molecule has 0 bridgehead atoms. The Morgan fingerprint density at radius 3 is 2.38 bits per heavy atom. The number of halogens is 8. The third-order valence-electron chi connectivity index (χ3n) is 4.57. The SMILES string of the molecule is O=C(Nc1cnn(Cc2c(F)cc(F)c(F)c2F)c1)c1cc2nc(C(F)F)cc(C(F)F)n2n1. The minimum atomic E-state index is -3.19. The molecule has 15 heteroatoms. The molecule has 0 saturated carbocycles. The Labute approximate surface area is 183 Å². The highest BCUT2D eigenvalue weighted by Crippen LogP contribution is 2.26. The zero-order valence-corrected chi connectivity index (χ0v) is 16.4. The molecule has 4 aromatic rings. The Balaban J connectivity index is 1.57. The van der Waals surface area contributed by atoms with Crippen molar-refractivity contribution in [3.8, 4) is 0 Å². The van der Waals surface area contributed by atoms with Crippen LogP contribution >= 0.6 is 0 Å². The van der Waals surface area contributed by atoms with Gasteiger partial charge in [-0.2, -0.15) is 10.2 Å². The van der Waals surface area contributed by atoms with Crippen LogP contribution in [0.3, 0.4) is 0 Å². The van der Waals surface area contributed by atoms with Gasteiger partial charge in [0.05, 0.1) is 18.4 Å². The van der Waals surface area contributed by atoms with Gasteiger partial charge in [-0.3, -0.25) is 9.48 Å². The van der Waals surface area contributed by atoms with Crippen molar-refractivity contribution >= 4 is 17.2 Å². The third kappa shape index (κ3) is 4.27. The molecule has 0 aliphatic rings. The minimum absolute atomic E-state index is 0.0410. The predicted molar refractivity (Wildman–Crippen MR) is 98.5 cm³/mol. The summed E-state index contributed by atoms with van der Waals surface area (Å²) in [6.07, 6.45) is -4.19. The Morgan fingerprint density at radius 2 is 1.71 bits per heavy atom. The summed E-state index contributed by atoms with van der Waals surface area (Å²) in [6, 6.07) is 1.55. The first-order valence-corrected chi connectivity index (χ1v) is 9.17. The zero-order chi connectivity index (χ0) is 24.7. The van der Waals surface area contributed by atoms with Crippen molar-refractivity contribution in [2.45, 2.75) is 19.4 Å². The number of carbonyl (C=O) groups excluding carboxylic acids is 1. The Kier molecular flexibility index (Phi) is 5.93. The normalized spacial score (nSPS) is 11.7. The molecule has 7 nitrogen and oxygen atoms in total. The molecule has 1 aromatic carbocycles. The number of hydrogen-bond donors (Lipinski definition) is 1. The van der Waals surface area contributed by atoms with Gasteiger partial charge >= 0.3 is 0 Å². The molecule has 0 aliphatic carbocycles. The van der Waals surface area contributed by atoms with Crippen molar-refractivity contribution in [1.82, 2.24) is 24.4 Å². The summed E-state index contributed by atoms with van der Waals surface area (Å²) in [5, 5.41) is 9.67. The van der Waals surface area contributed by atoms with E-state index in [2.05, 4.69) is 20.5 Å². The van der Waals surface area contributed by atoms with Crippen molar-refractivity contribution in [3.05, 3.63) is 76.5 Å². The van der Waals surface area contributed by atoms with Crippen molar-refractivity contribution in [3.63, 3.8) is 0 Å². The molecule has 34 heavy (non-hydrogen) atoms. The highest BCUT2D eigenvalue weighted by molar-refractivity contribution is 6.03. The summed E-state index contributed by atoms with van der Waals surface area (Å²) < 4.78 is 108. The van der Waals surface area contributed by atoms with Gasteiger partial charge in [-0.25, -0.2) is 44.6 Å². The van der Waals surface area contributed by atoms with E-state index in [9.17, 15) is 39.9 Å². The lowest BCUT2D eigenvalue weighted by Crippen LogP contribution is -2.13. The van der Waals surface area contributed by atoms with Gasteiger partial charge < -0.3 is 5.32 Å². The molecular formula is C19H10F8N6O. The van der Waals surface area contributed by atoms with Gasteiger partial charge in [0.1, 0.15) is 17.2 Å². The molecule has 1 N–H and O–H groups in total. The van der Waals surface area contributed by atoms with E-state index in [1.807, 2.05) is 0 Å². The first-order valence-electron chi connectivity index (χ1n) is 9.17. The molecule has 0 unspecified atom stereocenters. The topological polar surface area (TPSA) is 77.1 Å². The van der Waals surface area contributed by atoms with Gasteiger partial charge in [-0.15, -0.1) is 0 Å². The van der Waals surface area contributed by atoms with Crippen LogP contribution < -0.4 is 5.32 Å². The van der Waals surface area contributed by atoms with Crippen LogP contribution in [0.25, 0.3) is 5.65 Å². The van der Waals surface area contributed by atoms with E-state index in [0.717, 1.165) is 23.1 Å². The fraction of sp³-hybridized carbons (Fsp3) is 0.158. The Morgan fingerprint density at radius 1 is 0.971 bits per heavy atom. The smallest absolute Gasteiger partial charge is 0.280 e. The maximum Gasteiger partial charge on any atom is 0.280 e. The summed E-state index contributed by atoms with van der Waals surface area (Å²) in [5.74, 6) is -7.63. The predicted octanol–water partition coefficient (Wildman–Crippen LogP) is 4.66. The van der Waals surface area contributed by atoms with Crippen LogP contribution in [0.15, 0.2) is 30.6 Å². The van der Waals surface area contributed by atoms with E-state index in [4.69, 9.17) is 0 Å². The quantitative estimate of drug-likeness (QED) is 0.242. The van der Waals surface area contributed by atoms with Crippen LogP contribution in [0, 0.1) is 23.3 Å². The van der Waals surface area contributed by atoms with Gasteiger partial charge in [0, 0.05) is 23.9 Å². The molecule has 0 spiro atoms. The van der Waals surface area contributed by atoms with Crippen molar-refractivity contribution in [1.29, 1.82) is 0 Å². The monoisotopic (exact) mass is 490 g/mol. The minimum Gasteiger partial charge on any atom is -0.318 e. The molecule has 0 fully saturated rings. The standard InChI is InChI=1S/C19H10F8N6O/c20-9-1-10(21)16(23)15(22)8(9)6-32-5-7(4-28-32)29-19(34)12-3-14-30-11(17(24)25)2-13(18(26)27)33(14)31-12/h1-5,17-18H,6H2,(H,29,34). The summed E-state index contributed by atoms with van der Waals surface area (Å²) in [5.41, 5.74) is -3.55. The van der Waals surface area contributed by atoms with Gasteiger partial charge in [-0.1, -0.05) is 0 Å². The highest BCUT2D eigenvalue weighted by atomic mass is 19.3. The number of aromatic nitrogens is 5. The number of amides is 1. The second kappa shape index (κ2) is 8.72. The number of carbonyl (C=O) groups is 1. The molecule has 178 valence electrons. The number of anilines is 1. The average molecular weight is 490 g/mol. The lowest BCUT2D eigenvalue weighted by atomic mass is 10.2. The second-order valence-electron chi connectivity index (χ2n) is 6.83. The number of hydrogen-bond acceptors (Lipinski definition) is 4. The summed E-state index contributed by atoms with van der Waals surface area (Å²) in [7, 11) is 0. The number of rotatable bonds is 6. The van der Waals surface area contributed by atoms with E-state index in [1.165, 1.54) is 0 Å². The van der Waals surface area contributed by atoms with Crippen LogP contribution in [-0.4, -0.2) is 30.3 Å². The van der Waals surface area contributed by atoms with Crippen molar-refractivity contribution < 1.29 is 39.9 Å². The fourth-order valence-corrected chi connectivity index (χ4v) is 3.02. The fourth-order valence-electron chi connectivity index (χ4n) is 3.02. The van der Waals surface area contributed by atoms with Crippen LogP contribution in [0.5, 0.6) is 0 Å². The highest BCUT2D eigenvalue weighted by Gasteiger charge is 2.23. The van der Waals surface area contributed by atoms with E-state index in [0.29, 0.717) is 10.6 Å². The van der Waals surface area contributed by atoms with Gasteiger partial charge in [-0.05, 0) is 6.07 Å². The number of benzene rings is 1. The molecular weight excluding hydrogens is 480 g/mol. The van der Waals surface area contributed by atoms with Crippen LogP contribution in [0.1, 0.15) is 40.3 Å². The van der Waals surface area contributed by atoms with Gasteiger partial charge in [0.2, 0.25) is 0 Å². The lowest BCUT2D eigenvalue weighted by Gasteiger charge is -2.07. The molecule has 3 heterocycles. The Bertz CT molecular complexity index is 1400. The number of fused-ring (bicyclic) bond motifs is 1. The van der Waals surface area contributed by atoms with E-state index in [1.54, 1.807) is 0 Å². The van der Waals surface area contributed by atoms with Crippen LogP contribution in [0.2, 0.25) is 0 Å². The molecule has 0 radical (unpaired) electrons. The largest absolute Gasteiger partial charge is 0.318 e. The lowest BCUT2D eigenvalue weighted by molar-refractivity contribution is 0.102. The first-order chi connectivity index (χ1) is 16.0. The van der Waals surface area contributed by atoms with Crippen molar-refractivity contribution in [2.24, 2.45) is 0 Å². The van der Waals surface area contributed by atoms with Crippen LogP contribution in [0.4, 0.5) is 40.8 Å². The first kappa shape index (κ1) is 23.1. The third-order valence-corrected chi connectivity index (χ3v) is 4.57. The van der Waals surface area contributed by atoms with E-state index < -0.39 is 76.9 Å². The summed E-state index contributed by atoms with van der Waals surface area (Å²) in [6.45, 7) is -0.656. The average Bonchev–Trinajstić information content (AvgIpc) is 3.41. The van der Waals surface area contributed by atoms with Crippen molar-refractivity contribution in [2.75, 3.05) is 5.32 Å². The maximum absolute atomic E-state index is 13.8. The summed E-state index contributed by atoms with van der Waals surface area (Å²) >= 11 is 0. The van der Waals surface area contributed by atoms with Gasteiger partial charge in [0.15, 0.2) is 28.8 Å². The number of nitrogens with zero attached hydrogens (tertiary/aromatic N) is 5. The van der Waals surface area contributed by atoms with E-state index >= 15 is 0 Å².